The second kappa shape index (κ2) is 5.69. The molecule has 0 aliphatic carbocycles. The SMILES string of the molecule is CCOC(=O)c1nnc(C)n1C1CCN(C)C(C)C1. The lowest BCUT2D eigenvalue weighted by Crippen LogP contribution is -2.39. The van der Waals surface area contributed by atoms with Crippen LogP contribution < -0.4 is 0 Å². The summed E-state index contributed by atoms with van der Waals surface area (Å²) in [5, 5.41) is 8.02. The van der Waals surface area contributed by atoms with Crippen LogP contribution in [0, 0.1) is 6.92 Å². The average Bonchev–Trinajstić information content (AvgIpc) is 2.75. The van der Waals surface area contributed by atoms with Crippen LogP contribution in [0.25, 0.3) is 0 Å². The van der Waals surface area contributed by atoms with E-state index >= 15 is 0 Å². The van der Waals surface area contributed by atoms with Gasteiger partial charge in [0.05, 0.1) is 6.61 Å². The summed E-state index contributed by atoms with van der Waals surface area (Å²) in [7, 11) is 2.13. The molecule has 6 heteroatoms. The number of nitrogens with zero attached hydrogens (tertiary/aromatic N) is 4. The summed E-state index contributed by atoms with van der Waals surface area (Å²) in [6.07, 6.45) is 2.01. The van der Waals surface area contributed by atoms with Gasteiger partial charge >= 0.3 is 5.97 Å². The summed E-state index contributed by atoms with van der Waals surface area (Å²) < 4.78 is 6.99. The molecular weight excluding hydrogens is 244 g/mol. The van der Waals surface area contributed by atoms with Gasteiger partial charge in [-0.15, -0.1) is 10.2 Å². The predicted molar refractivity (Wildman–Crippen MR) is 71.1 cm³/mol. The molecule has 1 aromatic heterocycles. The van der Waals surface area contributed by atoms with Crippen LogP contribution in [0.1, 0.15) is 49.2 Å². The maximum Gasteiger partial charge on any atom is 0.376 e. The normalized spacial score (nSPS) is 24.4. The van der Waals surface area contributed by atoms with Crippen molar-refractivity contribution >= 4 is 5.97 Å². The van der Waals surface area contributed by atoms with E-state index in [1.165, 1.54) is 0 Å². The maximum atomic E-state index is 11.9. The van der Waals surface area contributed by atoms with Crippen molar-refractivity contribution < 1.29 is 9.53 Å². The molecule has 2 rings (SSSR count). The Balaban J connectivity index is 2.24. The molecule has 1 aliphatic heterocycles. The highest BCUT2D eigenvalue weighted by Crippen LogP contribution is 2.28. The summed E-state index contributed by atoms with van der Waals surface area (Å²) >= 11 is 0. The minimum atomic E-state index is -0.380. The van der Waals surface area contributed by atoms with Crippen LogP contribution in [0.15, 0.2) is 0 Å². The second-order valence-corrected chi connectivity index (χ2v) is 5.17. The molecule has 0 bridgehead atoms. The van der Waals surface area contributed by atoms with Gasteiger partial charge in [-0.25, -0.2) is 4.79 Å². The Morgan fingerprint density at radius 2 is 2.21 bits per heavy atom. The lowest BCUT2D eigenvalue weighted by molar-refractivity contribution is 0.0496. The van der Waals surface area contributed by atoms with Gasteiger partial charge in [0.2, 0.25) is 5.82 Å². The molecule has 1 fully saturated rings. The zero-order valence-corrected chi connectivity index (χ0v) is 12.1. The van der Waals surface area contributed by atoms with Gasteiger partial charge in [-0.05, 0) is 40.7 Å². The molecule has 2 atom stereocenters. The van der Waals surface area contributed by atoms with E-state index in [4.69, 9.17) is 4.74 Å². The number of esters is 1. The van der Waals surface area contributed by atoms with Crippen LogP contribution in [0.3, 0.4) is 0 Å². The Morgan fingerprint density at radius 1 is 1.47 bits per heavy atom. The molecule has 1 saturated heterocycles. The highest BCUT2D eigenvalue weighted by molar-refractivity contribution is 5.85. The van der Waals surface area contributed by atoms with Gasteiger partial charge in [0, 0.05) is 18.6 Å². The monoisotopic (exact) mass is 266 g/mol. The maximum absolute atomic E-state index is 11.9. The number of carbonyl (C=O) groups is 1. The van der Waals surface area contributed by atoms with E-state index in [-0.39, 0.29) is 12.0 Å². The summed E-state index contributed by atoms with van der Waals surface area (Å²) in [5.41, 5.74) is 0. The van der Waals surface area contributed by atoms with Crippen molar-refractivity contribution in [2.45, 2.75) is 45.7 Å². The van der Waals surface area contributed by atoms with Crippen molar-refractivity contribution in [3.63, 3.8) is 0 Å². The lowest BCUT2D eigenvalue weighted by atomic mass is 9.98. The fourth-order valence-electron chi connectivity index (χ4n) is 2.64. The first kappa shape index (κ1) is 14.0. The Kier molecular flexibility index (Phi) is 4.19. The molecule has 0 N–H and O–H groups in total. The summed E-state index contributed by atoms with van der Waals surface area (Å²) in [4.78, 5) is 14.2. The zero-order chi connectivity index (χ0) is 14.0. The van der Waals surface area contributed by atoms with Crippen LogP contribution in [0.4, 0.5) is 0 Å². The Bertz CT molecular complexity index is 457. The average molecular weight is 266 g/mol. The molecule has 2 heterocycles. The van der Waals surface area contributed by atoms with E-state index < -0.39 is 0 Å². The fraction of sp³-hybridized carbons (Fsp3) is 0.769. The number of rotatable bonds is 3. The summed E-state index contributed by atoms with van der Waals surface area (Å²) in [5.74, 6) is 0.737. The third-order valence-electron chi connectivity index (χ3n) is 3.87. The number of likely N-dealkylation sites (tertiary alicyclic amines) is 1. The Labute approximate surface area is 113 Å². The van der Waals surface area contributed by atoms with Crippen LogP contribution in [0.2, 0.25) is 0 Å². The zero-order valence-electron chi connectivity index (χ0n) is 12.1. The van der Waals surface area contributed by atoms with Gasteiger partial charge < -0.3 is 14.2 Å². The number of ether oxygens (including phenoxy) is 1. The van der Waals surface area contributed by atoms with Crippen LogP contribution in [-0.2, 0) is 4.74 Å². The quantitative estimate of drug-likeness (QED) is 0.774. The van der Waals surface area contributed by atoms with E-state index in [0.717, 1.165) is 25.2 Å². The van der Waals surface area contributed by atoms with E-state index in [1.807, 2.05) is 11.5 Å². The van der Waals surface area contributed by atoms with Gasteiger partial charge in [0.1, 0.15) is 5.82 Å². The Morgan fingerprint density at radius 3 is 2.84 bits per heavy atom. The number of aryl methyl sites for hydroxylation is 1. The molecule has 1 aliphatic rings. The third-order valence-corrected chi connectivity index (χ3v) is 3.87. The number of carbonyl (C=O) groups excluding carboxylic acids is 1. The van der Waals surface area contributed by atoms with Crippen LogP contribution in [0.5, 0.6) is 0 Å². The highest BCUT2D eigenvalue weighted by atomic mass is 16.5. The molecule has 19 heavy (non-hydrogen) atoms. The topological polar surface area (TPSA) is 60.2 Å². The van der Waals surface area contributed by atoms with Gasteiger partial charge in [0.25, 0.3) is 0 Å². The minimum Gasteiger partial charge on any atom is -0.460 e. The van der Waals surface area contributed by atoms with Crippen molar-refractivity contribution in [3.05, 3.63) is 11.6 Å². The van der Waals surface area contributed by atoms with E-state index in [0.29, 0.717) is 18.5 Å². The molecule has 0 amide bonds. The first-order valence-electron chi connectivity index (χ1n) is 6.83. The third kappa shape index (κ3) is 2.78. The molecule has 2 unspecified atom stereocenters. The van der Waals surface area contributed by atoms with Crippen molar-refractivity contribution in [2.24, 2.45) is 0 Å². The first-order valence-corrected chi connectivity index (χ1v) is 6.83. The summed E-state index contributed by atoms with van der Waals surface area (Å²) in [6.45, 7) is 7.26. The number of hydrogen-bond acceptors (Lipinski definition) is 5. The molecule has 1 aromatic rings. The molecular formula is C13H22N4O2. The van der Waals surface area contributed by atoms with Crippen molar-refractivity contribution in [1.29, 1.82) is 0 Å². The number of piperidine rings is 1. The highest BCUT2D eigenvalue weighted by Gasteiger charge is 2.29. The van der Waals surface area contributed by atoms with E-state index in [9.17, 15) is 4.79 Å². The molecule has 0 radical (unpaired) electrons. The van der Waals surface area contributed by atoms with Gasteiger partial charge in [-0.2, -0.15) is 0 Å². The smallest absolute Gasteiger partial charge is 0.376 e. The van der Waals surface area contributed by atoms with Crippen molar-refractivity contribution in [2.75, 3.05) is 20.2 Å². The molecule has 106 valence electrons. The lowest BCUT2D eigenvalue weighted by Gasteiger charge is -2.36. The van der Waals surface area contributed by atoms with E-state index in [1.54, 1.807) is 6.92 Å². The molecule has 0 spiro atoms. The van der Waals surface area contributed by atoms with E-state index in [2.05, 4.69) is 29.1 Å². The van der Waals surface area contributed by atoms with Gasteiger partial charge in [-0.1, -0.05) is 0 Å². The van der Waals surface area contributed by atoms with Crippen molar-refractivity contribution in [1.82, 2.24) is 19.7 Å². The van der Waals surface area contributed by atoms with Crippen LogP contribution in [-0.4, -0.2) is 51.9 Å². The fourth-order valence-corrected chi connectivity index (χ4v) is 2.64. The largest absolute Gasteiger partial charge is 0.460 e. The molecule has 0 saturated carbocycles. The van der Waals surface area contributed by atoms with Gasteiger partial charge in [0.15, 0.2) is 0 Å². The van der Waals surface area contributed by atoms with Crippen molar-refractivity contribution in [3.8, 4) is 0 Å². The van der Waals surface area contributed by atoms with Gasteiger partial charge in [-0.3, -0.25) is 0 Å². The number of hydrogen-bond donors (Lipinski definition) is 0. The number of aromatic nitrogens is 3. The summed E-state index contributed by atoms with van der Waals surface area (Å²) in [6, 6.07) is 0.774. The minimum absolute atomic E-state index is 0.278. The van der Waals surface area contributed by atoms with Crippen LogP contribution >= 0.6 is 0 Å². The standard InChI is InChI=1S/C13H22N4O2/c1-5-19-13(18)12-15-14-10(3)17(12)11-6-7-16(4)9(2)8-11/h9,11H,5-8H2,1-4H3. The molecule has 0 aromatic carbocycles. The predicted octanol–water partition coefficient (Wildman–Crippen LogP) is 1.42. The first-order chi connectivity index (χ1) is 9.04. The molecule has 6 nitrogen and oxygen atoms in total. The Hall–Kier alpha value is -1.43. The second-order valence-electron chi connectivity index (χ2n) is 5.17.